The number of unbranched alkanes of at least 4 members (excludes halogenated alkanes) is 1. The van der Waals surface area contributed by atoms with Gasteiger partial charge in [-0.2, -0.15) is 0 Å². The van der Waals surface area contributed by atoms with Gasteiger partial charge in [0.1, 0.15) is 5.01 Å². The molecule has 0 saturated carbocycles. The fourth-order valence-corrected chi connectivity index (χ4v) is 2.79. The molecule has 6 heteroatoms. The number of piperidine rings is 1. The van der Waals surface area contributed by atoms with Gasteiger partial charge in [0.05, 0.1) is 6.04 Å². The van der Waals surface area contributed by atoms with Crippen LogP contribution in [-0.2, 0) is 11.2 Å². The van der Waals surface area contributed by atoms with E-state index in [9.17, 15) is 4.79 Å². The van der Waals surface area contributed by atoms with Crippen LogP contribution in [0.1, 0.15) is 44.0 Å². The maximum Gasteiger partial charge on any atom is 0.243 e. The smallest absolute Gasteiger partial charge is 0.243 e. The SMILES string of the molecule is CCCCc1nnc(NC(=O)C2CCCCN2)s1. The number of hydrogen-bond donors (Lipinski definition) is 2. The second kappa shape index (κ2) is 6.80. The van der Waals surface area contributed by atoms with Crippen molar-refractivity contribution in [3.05, 3.63) is 5.01 Å². The lowest BCUT2D eigenvalue weighted by atomic mass is 10.0. The van der Waals surface area contributed by atoms with E-state index in [0.29, 0.717) is 5.13 Å². The van der Waals surface area contributed by atoms with E-state index < -0.39 is 0 Å². The lowest BCUT2D eigenvalue weighted by molar-refractivity contribution is -0.118. The summed E-state index contributed by atoms with van der Waals surface area (Å²) in [5.74, 6) is 0.0212. The van der Waals surface area contributed by atoms with Crippen LogP contribution in [0.2, 0.25) is 0 Å². The molecule has 0 radical (unpaired) electrons. The molecule has 1 aliphatic heterocycles. The molecule has 1 unspecified atom stereocenters. The molecule has 1 atom stereocenters. The Morgan fingerprint density at radius 3 is 3.11 bits per heavy atom. The molecule has 2 rings (SSSR count). The van der Waals surface area contributed by atoms with E-state index in [0.717, 1.165) is 50.1 Å². The van der Waals surface area contributed by atoms with Crippen molar-refractivity contribution in [1.82, 2.24) is 15.5 Å². The Hall–Kier alpha value is -1.01. The van der Waals surface area contributed by atoms with Crippen molar-refractivity contribution in [2.24, 2.45) is 0 Å². The zero-order valence-electron chi connectivity index (χ0n) is 10.7. The van der Waals surface area contributed by atoms with Crippen LogP contribution >= 0.6 is 11.3 Å². The molecule has 1 amide bonds. The molecule has 1 fully saturated rings. The highest BCUT2D eigenvalue weighted by Gasteiger charge is 2.21. The van der Waals surface area contributed by atoms with Crippen LogP contribution in [0.5, 0.6) is 0 Å². The summed E-state index contributed by atoms with van der Waals surface area (Å²) in [6, 6.07) is -0.0678. The molecule has 18 heavy (non-hydrogen) atoms. The molecule has 0 aliphatic carbocycles. The van der Waals surface area contributed by atoms with E-state index in [-0.39, 0.29) is 11.9 Å². The Labute approximate surface area is 111 Å². The zero-order chi connectivity index (χ0) is 12.8. The summed E-state index contributed by atoms with van der Waals surface area (Å²) in [6.07, 6.45) is 6.39. The molecular weight excluding hydrogens is 248 g/mol. The fourth-order valence-electron chi connectivity index (χ4n) is 2.00. The fraction of sp³-hybridized carbons (Fsp3) is 0.750. The molecule has 2 heterocycles. The van der Waals surface area contributed by atoms with Crippen LogP contribution in [0.4, 0.5) is 5.13 Å². The molecule has 0 aromatic carbocycles. The third-order valence-electron chi connectivity index (χ3n) is 3.07. The summed E-state index contributed by atoms with van der Waals surface area (Å²) in [5, 5.41) is 15.8. The van der Waals surface area contributed by atoms with Crippen LogP contribution in [0.15, 0.2) is 0 Å². The van der Waals surface area contributed by atoms with E-state index in [2.05, 4.69) is 27.8 Å². The lowest BCUT2D eigenvalue weighted by Crippen LogP contribution is -2.43. The van der Waals surface area contributed by atoms with Gasteiger partial charge in [0.15, 0.2) is 0 Å². The van der Waals surface area contributed by atoms with Gasteiger partial charge >= 0.3 is 0 Å². The summed E-state index contributed by atoms with van der Waals surface area (Å²) in [5.41, 5.74) is 0. The molecule has 2 N–H and O–H groups in total. The molecular formula is C12H20N4OS. The van der Waals surface area contributed by atoms with E-state index in [1.54, 1.807) is 0 Å². The van der Waals surface area contributed by atoms with Crippen molar-refractivity contribution < 1.29 is 4.79 Å². The van der Waals surface area contributed by atoms with Gasteiger partial charge in [-0.1, -0.05) is 31.1 Å². The predicted molar refractivity (Wildman–Crippen MR) is 72.8 cm³/mol. The first-order valence-corrected chi connectivity index (χ1v) is 7.48. The van der Waals surface area contributed by atoms with E-state index in [1.165, 1.54) is 11.3 Å². The number of nitrogens with zero attached hydrogens (tertiary/aromatic N) is 2. The Morgan fingerprint density at radius 2 is 2.39 bits per heavy atom. The Morgan fingerprint density at radius 1 is 1.50 bits per heavy atom. The first-order chi connectivity index (χ1) is 8.79. The van der Waals surface area contributed by atoms with Gasteiger partial charge in [-0.25, -0.2) is 0 Å². The van der Waals surface area contributed by atoms with E-state index in [4.69, 9.17) is 0 Å². The number of hydrogen-bond acceptors (Lipinski definition) is 5. The Kier molecular flexibility index (Phi) is 5.07. The van der Waals surface area contributed by atoms with Gasteiger partial charge < -0.3 is 5.32 Å². The van der Waals surface area contributed by atoms with Crippen LogP contribution < -0.4 is 10.6 Å². The minimum atomic E-state index is -0.0678. The maximum absolute atomic E-state index is 12.0. The number of carbonyl (C=O) groups excluding carboxylic acids is 1. The summed E-state index contributed by atoms with van der Waals surface area (Å²) >= 11 is 1.48. The van der Waals surface area contributed by atoms with Gasteiger partial charge in [0.25, 0.3) is 0 Å². The van der Waals surface area contributed by atoms with Crippen LogP contribution in [-0.4, -0.2) is 28.7 Å². The molecule has 5 nitrogen and oxygen atoms in total. The van der Waals surface area contributed by atoms with Gasteiger partial charge in [-0.05, 0) is 25.8 Å². The minimum Gasteiger partial charge on any atom is -0.306 e. The second-order valence-electron chi connectivity index (χ2n) is 4.60. The predicted octanol–water partition coefficient (Wildman–Crippen LogP) is 1.96. The normalized spacial score (nSPS) is 19.7. The number of carbonyl (C=O) groups is 1. The average molecular weight is 268 g/mol. The van der Waals surface area contributed by atoms with Crippen molar-refractivity contribution in [1.29, 1.82) is 0 Å². The van der Waals surface area contributed by atoms with Crippen LogP contribution in [0, 0.1) is 0 Å². The van der Waals surface area contributed by atoms with Crippen molar-refractivity contribution in [2.75, 3.05) is 11.9 Å². The number of aryl methyl sites for hydroxylation is 1. The minimum absolute atomic E-state index is 0.0212. The largest absolute Gasteiger partial charge is 0.306 e. The third-order valence-corrected chi connectivity index (χ3v) is 3.97. The van der Waals surface area contributed by atoms with E-state index >= 15 is 0 Å². The Balaban J connectivity index is 1.84. The molecule has 0 bridgehead atoms. The quantitative estimate of drug-likeness (QED) is 0.856. The Bertz CT molecular complexity index is 387. The summed E-state index contributed by atoms with van der Waals surface area (Å²) < 4.78 is 0. The summed E-state index contributed by atoms with van der Waals surface area (Å²) in [4.78, 5) is 12.0. The zero-order valence-corrected chi connectivity index (χ0v) is 11.6. The molecule has 1 aromatic rings. The number of amides is 1. The van der Waals surface area contributed by atoms with Crippen molar-refractivity contribution in [2.45, 2.75) is 51.5 Å². The van der Waals surface area contributed by atoms with Crippen LogP contribution in [0.25, 0.3) is 0 Å². The highest BCUT2D eigenvalue weighted by molar-refractivity contribution is 7.15. The molecule has 1 aromatic heterocycles. The highest BCUT2D eigenvalue weighted by Crippen LogP contribution is 2.18. The first-order valence-electron chi connectivity index (χ1n) is 6.66. The second-order valence-corrected chi connectivity index (χ2v) is 5.66. The van der Waals surface area contributed by atoms with Gasteiger partial charge in [-0.3, -0.25) is 10.1 Å². The van der Waals surface area contributed by atoms with Crippen LogP contribution in [0.3, 0.4) is 0 Å². The highest BCUT2D eigenvalue weighted by atomic mass is 32.1. The van der Waals surface area contributed by atoms with Crippen molar-refractivity contribution in [3.63, 3.8) is 0 Å². The average Bonchev–Trinajstić information content (AvgIpc) is 2.85. The molecule has 100 valence electrons. The van der Waals surface area contributed by atoms with Gasteiger partial charge in [-0.15, -0.1) is 10.2 Å². The number of aromatic nitrogens is 2. The monoisotopic (exact) mass is 268 g/mol. The first kappa shape index (κ1) is 13.4. The number of rotatable bonds is 5. The van der Waals surface area contributed by atoms with Gasteiger partial charge in [0, 0.05) is 6.42 Å². The summed E-state index contributed by atoms with van der Waals surface area (Å²) in [6.45, 7) is 3.08. The molecule has 1 saturated heterocycles. The molecule has 1 aliphatic rings. The van der Waals surface area contributed by atoms with E-state index in [1.807, 2.05) is 0 Å². The number of anilines is 1. The topological polar surface area (TPSA) is 66.9 Å². The third kappa shape index (κ3) is 3.74. The van der Waals surface area contributed by atoms with Gasteiger partial charge in [0.2, 0.25) is 11.0 Å². The van der Waals surface area contributed by atoms with Crippen molar-refractivity contribution >= 4 is 22.4 Å². The summed E-state index contributed by atoms with van der Waals surface area (Å²) in [7, 11) is 0. The molecule has 0 spiro atoms. The lowest BCUT2D eigenvalue weighted by Gasteiger charge is -2.21. The van der Waals surface area contributed by atoms with Crippen molar-refractivity contribution in [3.8, 4) is 0 Å². The number of nitrogens with one attached hydrogen (secondary N) is 2. The standard InChI is InChI=1S/C12H20N4OS/c1-2-3-7-10-15-16-12(18-10)14-11(17)9-6-4-5-8-13-9/h9,13H,2-8H2,1H3,(H,14,16,17). The maximum atomic E-state index is 12.0.